The van der Waals surface area contributed by atoms with Gasteiger partial charge in [-0.15, -0.1) is 0 Å². The fourth-order valence-corrected chi connectivity index (χ4v) is 1.67. The first kappa shape index (κ1) is 11.2. The lowest BCUT2D eigenvalue weighted by atomic mass is 10.0. The van der Waals surface area contributed by atoms with Crippen molar-refractivity contribution < 1.29 is 14.6 Å². The SMILES string of the molecule is COc1cc(-c2cccc(O)c2)ccc1C=O. The summed E-state index contributed by atoms with van der Waals surface area (Å²) in [7, 11) is 1.52. The summed E-state index contributed by atoms with van der Waals surface area (Å²) in [6.07, 6.45) is 0.755. The molecule has 0 amide bonds. The molecule has 0 bridgehead atoms. The van der Waals surface area contributed by atoms with E-state index in [0.717, 1.165) is 17.4 Å². The summed E-state index contributed by atoms with van der Waals surface area (Å²) in [5, 5.41) is 9.41. The van der Waals surface area contributed by atoms with Crippen molar-refractivity contribution in [1.82, 2.24) is 0 Å². The molecule has 86 valence electrons. The van der Waals surface area contributed by atoms with Gasteiger partial charge in [-0.2, -0.15) is 0 Å². The van der Waals surface area contributed by atoms with Crippen molar-refractivity contribution >= 4 is 6.29 Å². The number of aromatic hydroxyl groups is 1. The topological polar surface area (TPSA) is 46.5 Å². The van der Waals surface area contributed by atoms with Crippen molar-refractivity contribution in [3.8, 4) is 22.6 Å². The Bertz CT molecular complexity index is 547. The number of phenolic OH excluding ortho intramolecular Hbond substituents is 1. The molecule has 0 fully saturated rings. The van der Waals surface area contributed by atoms with Gasteiger partial charge in [-0.25, -0.2) is 0 Å². The van der Waals surface area contributed by atoms with E-state index in [-0.39, 0.29) is 5.75 Å². The minimum atomic E-state index is 0.209. The van der Waals surface area contributed by atoms with Crippen LogP contribution < -0.4 is 4.74 Å². The third kappa shape index (κ3) is 2.28. The molecule has 3 nitrogen and oxygen atoms in total. The van der Waals surface area contributed by atoms with E-state index in [1.807, 2.05) is 12.1 Å². The highest BCUT2D eigenvalue weighted by Gasteiger charge is 2.05. The van der Waals surface area contributed by atoms with Gasteiger partial charge in [0.25, 0.3) is 0 Å². The molecule has 0 heterocycles. The summed E-state index contributed by atoms with van der Waals surface area (Å²) in [4.78, 5) is 10.8. The molecule has 1 N–H and O–H groups in total. The minimum absolute atomic E-state index is 0.209. The van der Waals surface area contributed by atoms with Gasteiger partial charge in [-0.3, -0.25) is 4.79 Å². The number of carbonyl (C=O) groups excluding carboxylic acids is 1. The van der Waals surface area contributed by atoms with Crippen LogP contribution in [0.25, 0.3) is 11.1 Å². The zero-order valence-electron chi connectivity index (χ0n) is 9.38. The largest absolute Gasteiger partial charge is 0.508 e. The zero-order chi connectivity index (χ0) is 12.3. The van der Waals surface area contributed by atoms with E-state index in [1.165, 1.54) is 7.11 Å². The standard InChI is InChI=1S/C14H12O3/c1-17-14-8-11(5-6-12(14)9-15)10-3-2-4-13(16)7-10/h2-9,16H,1H3. The summed E-state index contributed by atoms with van der Waals surface area (Å²) in [6.45, 7) is 0. The molecule has 3 heteroatoms. The van der Waals surface area contributed by atoms with E-state index in [1.54, 1.807) is 30.3 Å². The maximum Gasteiger partial charge on any atom is 0.153 e. The number of benzene rings is 2. The van der Waals surface area contributed by atoms with Crippen LogP contribution in [0, 0.1) is 0 Å². The quantitative estimate of drug-likeness (QED) is 0.821. The maximum absolute atomic E-state index is 10.8. The van der Waals surface area contributed by atoms with Gasteiger partial charge in [0.15, 0.2) is 6.29 Å². The van der Waals surface area contributed by atoms with Gasteiger partial charge in [0.05, 0.1) is 12.7 Å². The Kier molecular flexibility index (Phi) is 3.10. The predicted molar refractivity (Wildman–Crippen MR) is 65.5 cm³/mol. The highest BCUT2D eigenvalue weighted by atomic mass is 16.5. The molecule has 2 rings (SSSR count). The van der Waals surface area contributed by atoms with Gasteiger partial charge in [-0.05, 0) is 35.4 Å². The second-order valence-corrected chi connectivity index (χ2v) is 3.62. The van der Waals surface area contributed by atoms with Crippen molar-refractivity contribution in [1.29, 1.82) is 0 Å². The maximum atomic E-state index is 10.8. The van der Waals surface area contributed by atoms with Crippen LogP contribution in [0.1, 0.15) is 10.4 Å². The van der Waals surface area contributed by atoms with Gasteiger partial charge in [0, 0.05) is 0 Å². The molecule has 0 saturated heterocycles. The molecular weight excluding hydrogens is 216 g/mol. The Morgan fingerprint density at radius 3 is 2.53 bits per heavy atom. The number of aldehydes is 1. The van der Waals surface area contributed by atoms with Gasteiger partial charge in [-0.1, -0.05) is 18.2 Å². The lowest BCUT2D eigenvalue weighted by Gasteiger charge is -2.07. The molecule has 17 heavy (non-hydrogen) atoms. The van der Waals surface area contributed by atoms with Gasteiger partial charge >= 0.3 is 0 Å². The molecule has 0 unspecified atom stereocenters. The van der Waals surface area contributed by atoms with Crippen LogP contribution >= 0.6 is 0 Å². The number of rotatable bonds is 3. The Hall–Kier alpha value is -2.29. The van der Waals surface area contributed by atoms with Gasteiger partial charge in [0.2, 0.25) is 0 Å². The van der Waals surface area contributed by atoms with Crippen LogP contribution in [-0.4, -0.2) is 18.5 Å². The van der Waals surface area contributed by atoms with Gasteiger partial charge < -0.3 is 9.84 Å². The second kappa shape index (κ2) is 4.70. The van der Waals surface area contributed by atoms with Crippen molar-refractivity contribution in [2.45, 2.75) is 0 Å². The van der Waals surface area contributed by atoms with E-state index < -0.39 is 0 Å². The fourth-order valence-electron chi connectivity index (χ4n) is 1.67. The average molecular weight is 228 g/mol. The molecule has 0 aliphatic heterocycles. The Morgan fingerprint density at radius 1 is 1.12 bits per heavy atom. The minimum Gasteiger partial charge on any atom is -0.508 e. The van der Waals surface area contributed by atoms with E-state index >= 15 is 0 Å². The molecule has 0 saturated carbocycles. The van der Waals surface area contributed by atoms with E-state index in [0.29, 0.717) is 11.3 Å². The molecule has 2 aromatic rings. The smallest absolute Gasteiger partial charge is 0.153 e. The van der Waals surface area contributed by atoms with Crippen molar-refractivity contribution in [2.24, 2.45) is 0 Å². The molecule has 0 aromatic heterocycles. The number of hydrogen-bond donors (Lipinski definition) is 1. The summed E-state index contributed by atoms with van der Waals surface area (Å²) in [6, 6.07) is 12.2. The van der Waals surface area contributed by atoms with Crippen molar-refractivity contribution in [3.05, 3.63) is 48.0 Å². The molecule has 0 aliphatic carbocycles. The normalized spacial score (nSPS) is 9.94. The third-order valence-electron chi connectivity index (χ3n) is 2.54. The Labute approximate surface area is 99.3 Å². The Balaban J connectivity index is 2.50. The first-order valence-corrected chi connectivity index (χ1v) is 5.17. The van der Waals surface area contributed by atoms with Crippen molar-refractivity contribution in [3.63, 3.8) is 0 Å². The molecule has 0 atom stereocenters. The summed E-state index contributed by atoms with van der Waals surface area (Å²) >= 11 is 0. The lowest BCUT2D eigenvalue weighted by Crippen LogP contribution is -1.90. The molecule has 0 radical (unpaired) electrons. The van der Waals surface area contributed by atoms with Crippen LogP contribution in [0.15, 0.2) is 42.5 Å². The average Bonchev–Trinajstić information content (AvgIpc) is 2.38. The fraction of sp³-hybridized carbons (Fsp3) is 0.0714. The van der Waals surface area contributed by atoms with E-state index in [4.69, 9.17) is 4.74 Å². The van der Waals surface area contributed by atoms with E-state index in [9.17, 15) is 9.90 Å². The summed E-state index contributed by atoms with van der Waals surface area (Å²) < 4.78 is 5.13. The van der Waals surface area contributed by atoms with Crippen LogP contribution in [0.5, 0.6) is 11.5 Å². The summed E-state index contributed by atoms with van der Waals surface area (Å²) in [5.74, 6) is 0.738. The number of methoxy groups -OCH3 is 1. The second-order valence-electron chi connectivity index (χ2n) is 3.62. The molecule has 0 spiro atoms. The molecular formula is C14H12O3. The van der Waals surface area contributed by atoms with Gasteiger partial charge in [0.1, 0.15) is 11.5 Å². The lowest BCUT2D eigenvalue weighted by molar-refractivity contribution is 0.112. The predicted octanol–water partition coefficient (Wildman–Crippen LogP) is 2.88. The Morgan fingerprint density at radius 2 is 1.88 bits per heavy atom. The van der Waals surface area contributed by atoms with Crippen LogP contribution in [0.3, 0.4) is 0 Å². The molecule has 2 aromatic carbocycles. The zero-order valence-corrected chi connectivity index (χ0v) is 9.38. The highest BCUT2D eigenvalue weighted by Crippen LogP contribution is 2.28. The molecule has 0 aliphatic rings. The third-order valence-corrected chi connectivity index (χ3v) is 2.54. The number of carbonyl (C=O) groups is 1. The van der Waals surface area contributed by atoms with Crippen LogP contribution in [-0.2, 0) is 0 Å². The van der Waals surface area contributed by atoms with E-state index in [2.05, 4.69) is 0 Å². The first-order chi connectivity index (χ1) is 8.24. The number of phenols is 1. The monoisotopic (exact) mass is 228 g/mol. The highest BCUT2D eigenvalue weighted by molar-refractivity contribution is 5.82. The summed E-state index contributed by atoms with van der Waals surface area (Å²) in [5.41, 5.74) is 2.28. The van der Waals surface area contributed by atoms with Crippen LogP contribution in [0.4, 0.5) is 0 Å². The number of ether oxygens (including phenoxy) is 1. The van der Waals surface area contributed by atoms with Crippen molar-refractivity contribution in [2.75, 3.05) is 7.11 Å². The van der Waals surface area contributed by atoms with Crippen LogP contribution in [0.2, 0.25) is 0 Å². The first-order valence-electron chi connectivity index (χ1n) is 5.17. The number of hydrogen-bond acceptors (Lipinski definition) is 3.